The van der Waals surface area contributed by atoms with Gasteiger partial charge in [0, 0.05) is 24.5 Å². The number of Topliss-reactive ketones (excluding diaryl/α,β-unsaturated/α-hetero) is 1. The van der Waals surface area contributed by atoms with E-state index in [4.69, 9.17) is 9.47 Å². The van der Waals surface area contributed by atoms with E-state index in [1.165, 1.54) is 31.2 Å². The smallest absolute Gasteiger partial charge is 0.317 e. The summed E-state index contributed by atoms with van der Waals surface area (Å²) in [6, 6.07) is 5.17. The van der Waals surface area contributed by atoms with Crippen molar-refractivity contribution in [3.63, 3.8) is 0 Å². The molecular weight excluding hydrogens is 370 g/mol. The minimum atomic E-state index is -1.75. The van der Waals surface area contributed by atoms with Gasteiger partial charge in [-0.25, -0.2) is 0 Å². The van der Waals surface area contributed by atoms with Gasteiger partial charge in [-0.05, 0) is 26.3 Å². The Morgan fingerprint density at radius 1 is 1.18 bits per heavy atom. The van der Waals surface area contributed by atoms with Gasteiger partial charge in [0.05, 0.1) is 29.7 Å². The molecule has 0 bridgehead atoms. The molecule has 0 spiro atoms. The Morgan fingerprint density at radius 3 is 2.21 bits per heavy atom. The molecule has 0 radical (unpaired) electrons. The Balaban J connectivity index is 2.61. The largest absolute Gasteiger partial charge is 0.466 e. The molecule has 0 heterocycles. The van der Waals surface area contributed by atoms with Gasteiger partial charge in [0.25, 0.3) is 5.69 Å². The molecule has 1 aromatic rings. The second-order valence-electron chi connectivity index (χ2n) is 6.83. The monoisotopic (exact) mass is 393 g/mol. The molecule has 1 saturated carbocycles. The highest BCUT2D eigenvalue weighted by Gasteiger charge is 2.57. The van der Waals surface area contributed by atoms with E-state index in [1.807, 2.05) is 0 Å². The Labute approximate surface area is 161 Å². The van der Waals surface area contributed by atoms with Crippen molar-refractivity contribution in [2.75, 3.05) is 13.2 Å². The number of aliphatic hydroxyl groups is 1. The lowest BCUT2D eigenvalue weighted by atomic mass is 9.61. The lowest BCUT2D eigenvalue weighted by molar-refractivity contribution is -0.384. The molecule has 0 saturated heterocycles. The lowest BCUT2D eigenvalue weighted by Crippen LogP contribution is -2.55. The zero-order chi connectivity index (χ0) is 21.1. The molecule has 1 N–H and O–H groups in total. The molecule has 0 aliphatic heterocycles. The molecule has 1 aromatic carbocycles. The standard InChI is InChI=1S/C19H23NO8/c1-4-27-17(22)15-13(21)10-19(3,24)16(18(23)28-5-2)14(15)11-6-8-12(9-7-11)20(25)26/h6-9,14-16,24H,4-5,10H2,1-3H3/t14-,15-,16+,19-/m1/s1. The molecular formula is C19H23NO8. The van der Waals surface area contributed by atoms with Gasteiger partial charge in [-0.1, -0.05) is 12.1 Å². The van der Waals surface area contributed by atoms with Crippen molar-refractivity contribution in [3.8, 4) is 0 Å². The van der Waals surface area contributed by atoms with Crippen LogP contribution < -0.4 is 0 Å². The second-order valence-corrected chi connectivity index (χ2v) is 6.83. The highest BCUT2D eigenvalue weighted by Crippen LogP contribution is 2.46. The first-order valence-electron chi connectivity index (χ1n) is 8.96. The van der Waals surface area contributed by atoms with E-state index in [2.05, 4.69) is 0 Å². The maximum atomic E-state index is 12.7. The Bertz CT molecular complexity index is 771. The first-order valence-corrected chi connectivity index (χ1v) is 8.96. The van der Waals surface area contributed by atoms with Gasteiger partial charge >= 0.3 is 11.9 Å². The van der Waals surface area contributed by atoms with Crippen LogP contribution in [0.4, 0.5) is 5.69 Å². The van der Waals surface area contributed by atoms with Crippen molar-refractivity contribution in [1.29, 1.82) is 0 Å². The summed E-state index contributed by atoms with van der Waals surface area (Å²) in [5, 5.41) is 21.7. The van der Waals surface area contributed by atoms with Crippen molar-refractivity contribution in [3.05, 3.63) is 39.9 Å². The van der Waals surface area contributed by atoms with E-state index in [0.717, 1.165) is 0 Å². The van der Waals surface area contributed by atoms with Crippen molar-refractivity contribution in [1.82, 2.24) is 0 Å². The topological polar surface area (TPSA) is 133 Å². The van der Waals surface area contributed by atoms with Gasteiger partial charge < -0.3 is 14.6 Å². The third-order valence-electron chi connectivity index (χ3n) is 4.84. The molecule has 152 valence electrons. The van der Waals surface area contributed by atoms with Crippen molar-refractivity contribution in [2.24, 2.45) is 11.8 Å². The number of benzene rings is 1. The predicted molar refractivity (Wildman–Crippen MR) is 96.3 cm³/mol. The molecule has 1 aliphatic rings. The van der Waals surface area contributed by atoms with Crippen LogP contribution in [0, 0.1) is 22.0 Å². The van der Waals surface area contributed by atoms with Crippen LogP contribution in [0.2, 0.25) is 0 Å². The minimum Gasteiger partial charge on any atom is -0.466 e. The van der Waals surface area contributed by atoms with Gasteiger partial charge in [0.2, 0.25) is 0 Å². The summed E-state index contributed by atoms with van der Waals surface area (Å²) in [7, 11) is 0. The van der Waals surface area contributed by atoms with E-state index in [-0.39, 0.29) is 18.9 Å². The van der Waals surface area contributed by atoms with Crippen molar-refractivity contribution >= 4 is 23.4 Å². The highest BCUT2D eigenvalue weighted by atomic mass is 16.6. The Hall–Kier alpha value is -2.81. The number of ether oxygens (including phenoxy) is 2. The van der Waals surface area contributed by atoms with Gasteiger partial charge in [-0.3, -0.25) is 24.5 Å². The summed E-state index contributed by atoms with van der Waals surface area (Å²) in [6.07, 6.45) is -0.413. The predicted octanol–water partition coefficient (Wildman–Crippen LogP) is 1.76. The van der Waals surface area contributed by atoms with Crippen LogP contribution in [-0.2, 0) is 23.9 Å². The van der Waals surface area contributed by atoms with E-state index in [1.54, 1.807) is 13.8 Å². The number of ketones is 1. The molecule has 1 aliphatic carbocycles. The number of esters is 2. The summed E-state index contributed by atoms with van der Waals surface area (Å²) in [5.74, 6) is -5.74. The number of hydrogen-bond donors (Lipinski definition) is 1. The number of nitro groups is 1. The quantitative estimate of drug-likeness (QED) is 0.334. The molecule has 0 unspecified atom stereocenters. The van der Waals surface area contributed by atoms with Crippen LogP contribution in [0.1, 0.15) is 38.7 Å². The SMILES string of the molecule is CCOC(=O)[C@@H]1C(=O)C[C@@](C)(O)[C@H](C(=O)OCC)[C@@H]1c1ccc([N+](=O)[O-])cc1. The number of nitro benzene ring substituents is 1. The maximum Gasteiger partial charge on any atom is 0.317 e. The second kappa shape index (κ2) is 8.47. The lowest BCUT2D eigenvalue weighted by Gasteiger charge is -2.43. The van der Waals surface area contributed by atoms with Gasteiger partial charge in [-0.2, -0.15) is 0 Å². The number of rotatable bonds is 6. The van der Waals surface area contributed by atoms with Crippen LogP contribution in [0.5, 0.6) is 0 Å². The third kappa shape index (κ3) is 4.19. The molecule has 9 heteroatoms. The summed E-state index contributed by atoms with van der Waals surface area (Å²) in [6.45, 7) is 4.62. The molecule has 28 heavy (non-hydrogen) atoms. The van der Waals surface area contributed by atoms with E-state index in [9.17, 15) is 29.6 Å². The summed E-state index contributed by atoms with van der Waals surface area (Å²) >= 11 is 0. The number of non-ortho nitro benzene ring substituents is 1. The fraction of sp³-hybridized carbons (Fsp3) is 0.526. The number of carbonyl (C=O) groups is 3. The van der Waals surface area contributed by atoms with Crippen molar-refractivity contribution < 1.29 is 33.9 Å². The van der Waals surface area contributed by atoms with Crippen molar-refractivity contribution in [2.45, 2.75) is 38.7 Å². The summed E-state index contributed by atoms with van der Waals surface area (Å²) in [5.41, 5.74) is -1.60. The maximum absolute atomic E-state index is 12.7. The highest BCUT2D eigenvalue weighted by molar-refractivity contribution is 6.02. The van der Waals surface area contributed by atoms with Gasteiger partial charge in [0.15, 0.2) is 5.78 Å². The van der Waals surface area contributed by atoms with Crippen LogP contribution in [0.3, 0.4) is 0 Å². The van der Waals surface area contributed by atoms with Crippen LogP contribution in [0.15, 0.2) is 24.3 Å². The van der Waals surface area contributed by atoms with E-state index < -0.39 is 52.4 Å². The third-order valence-corrected chi connectivity index (χ3v) is 4.84. The number of nitrogens with zero attached hydrogens (tertiary/aromatic N) is 1. The normalized spacial score (nSPS) is 27.1. The summed E-state index contributed by atoms with van der Waals surface area (Å²) < 4.78 is 10.1. The molecule has 2 rings (SSSR count). The van der Waals surface area contributed by atoms with Crippen LogP contribution >= 0.6 is 0 Å². The molecule has 4 atom stereocenters. The fourth-order valence-corrected chi connectivity index (χ4v) is 3.70. The molecule has 0 amide bonds. The van der Waals surface area contributed by atoms with Crippen LogP contribution in [-0.4, -0.2) is 46.6 Å². The first-order chi connectivity index (χ1) is 13.1. The average molecular weight is 393 g/mol. The molecule has 0 aromatic heterocycles. The Kier molecular flexibility index (Phi) is 6.50. The van der Waals surface area contributed by atoms with Crippen LogP contribution in [0.25, 0.3) is 0 Å². The number of hydrogen-bond acceptors (Lipinski definition) is 8. The first kappa shape index (κ1) is 21.5. The average Bonchev–Trinajstić information content (AvgIpc) is 2.60. The fourth-order valence-electron chi connectivity index (χ4n) is 3.70. The van der Waals surface area contributed by atoms with E-state index in [0.29, 0.717) is 5.56 Å². The van der Waals surface area contributed by atoms with E-state index >= 15 is 0 Å². The molecule has 9 nitrogen and oxygen atoms in total. The zero-order valence-electron chi connectivity index (χ0n) is 15.9. The summed E-state index contributed by atoms with van der Waals surface area (Å²) in [4.78, 5) is 48.2. The minimum absolute atomic E-state index is 0.0378. The number of carbonyl (C=O) groups excluding carboxylic acids is 3. The Morgan fingerprint density at radius 2 is 1.71 bits per heavy atom. The van der Waals surface area contributed by atoms with Gasteiger partial charge in [-0.15, -0.1) is 0 Å². The van der Waals surface area contributed by atoms with Gasteiger partial charge in [0.1, 0.15) is 5.92 Å². The molecule has 1 fully saturated rings. The zero-order valence-corrected chi connectivity index (χ0v) is 15.9.